The maximum atomic E-state index is 6.61. The Balaban J connectivity index is 0.967. The van der Waals surface area contributed by atoms with Crippen LogP contribution in [0.2, 0.25) is 0 Å². The lowest BCUT2D eigenvalue weighted by atomic mass is 9.97. The quantitative estimate of drug-likeness (QED) is 0.169. The van der Waals surface area contributed by atoms with Gasteiger partial charge in [-0.15, -0.1) is 0 Å². The Bertz CT molecular complexity index is 3570. The molecule has 280 valence electrons. The number of furan rings is 2. The van der Waals surface area contributed by atoms with Crippen molar-refractivity contribution in [2.75, 3.05) is 0 Å². The van der Waals surface area contributed by atoms with Gasteiger partial charge in [0.1, 0.15) is 22.4 Å². The molecule has 0 aliphatic heterocycles. The summed E-state index contributed by atoms with van der Waals surface area (Å²) >= 11 is 0. The summed E-state index contributed by atoms with van der Waals surface area (Å²) in [6.07, 6.45) is 0. The molecule has 0 spiro atoms. The van der Waals surface area contributed by atoms with Gasteiger partial charge in [-0.3, -0.25) is 0 Å². The predicted molar refractivity (Wildman–Crippen MR) is 245 cm³/mol. The van der Waals surface area contributed by atoms with Gasteiger partial charge in [0, 0.05) is 60.3 Å². The smallest absolute Gasteiger partial charge is 0.162 e. The highest BCUT2D eigenvalue weighted by molar-refractivity contribution is 6.22. The number of fused-ring (bicyclic) bond motifs is 8. The number of para-hydroxylation sites is 4. The summed E-state index contributed by atoms with van der Waals surface area (Å²) < 4.78 is 13.0. The first-order valence-corrected chi connectivity index (χ1v) is 20.1. The van der Waals surface area contributed by atoms with Crippen molar-refractivity contribution in [3.63, 3.8) is 0 Å². The van der Waals surface area contributed by atoms with Crippen LogP contribution in [-0.2, 0) is 0 Å². The van der Waals surface area contributed by atoms with E-state index in [0.717, 1.165) is 116 Å². The number of aromatic nitrogens is 3. The number of hydrogen-bond acceptors (Lipinski definition) is 5. The highest BCUT2D eigenvalue weighted by Gasteiger charge is 2.20. The molecule has 4 aromatic heterocycles. The monoisotopic (exact) mass is 767 g/mol. The van der Waals surface area contributed by atoms with Crippen molar-refractivity contribution in [3.8, 4) is 67.4 Å². The van der Waals surface area contributed by atoms with Gasteiger partial charge in [-0.1, -0.05) is 182 Å². The third-order valence-corrected chi connectivity index (χ3v) is 11.5. The summed E-state index contributed by atoms with van der Waals surface area (Å²) in [6, 6.07) is 68.9. The first-order chi connectivity index (χ1) is 29.7. The second kappa shape index (κ2) is 13.8. The van der Waals surface area contributed by atoms with Gasteiger partial charge in [-0.05, 0) is 29.3 Å². The Labute approximate surface area is 344 Å². The largest absolute Gasteiger partial charge is 0.455 e. The molecule has 0 saturated carbocycles. The lowest BCUT2D eigenvalue weighted by molar-refractivity contribution is 0.668. The fourth-order valence-corrected chi connectivity index (χ4v) is 8.61. The van der Waals surface area contributed by atoms with Gasteiger partial charge in [0.25, 0.3) is 0 Å². The molecule has 4 heterocycles. The van der Waals surface area contributed by atoms with Crippen LogP contribution in [0.15, 0.2) is 209 Å². The summed E-state index contributed by atoms with van der Waals surface area (Å²) in [7, 11) is 0. The highest BCUT2D eigenvalue weighted by Crippen LogP contribution is 2.42. The second-order valence-corrected chi connectivity index (χ2v) is 15.1. The Morgan fingerprint density at radius 1 is 0.317 bits per heavy atom. The summed E-state index contributed by atoms with van der Waals surface area (Å²) in [5.74, 6) is 0.640. The molecule has 0 radical (unpaired) electrons. The van der Waals surface area contributed by atoms with E-state index in [4.69, 9.17) is 23.8 Å². The van der Waals surface area contributed by atoms with E-state index < -0.39 is 0 Å². The molecule has 0 amide bonds. The minimum Gasteiger partial charge on any atom is -0.455 e. The SMILES string of the molecule is c1ccc(-c2cc(-c3ccc(-c4cccc5c4oc4ccccc45)cc3)nc(-c3ccc(-c4nc5c(-c6ccccc6)cccc5c5c4oc4ccccc45)cc3)n2)cc1. The number of hydrogen-bond donors (Lipinski definition) is 0. The molecule has 0 unspecified atom stereocenters. The third kappa shape index (κ3) is 5.59. The molecular weight excluding hydrogens is 735 g/mol. The lowest BCUT2D eigenvalue weighted by Crippen LogP contribution is -1.96. The van der Waals surface area contributed by atoms with Gasteiger partial charge in [0.05, 0.1) is 16.9 Å². The van der Waals surface area contributed by atoms with Crippen LogP contribution < -0.4 is 0 Å². The topological polar surface area (TPSA) is 65.0 Å². The average Bonchev–Trinajstić information content (AvgIpc) is 3.91. The summed E-state index contributed by atoms with van der Waals surface area (Å²) in [5.41, 5.74) is 15.0. The molecular formula is C55H33N3O2. The number of rotatable bonds is 6. The molecule has 5 nitrogen and oxygen atoms in total. The molecule has 0 N–H and O–H groups in total. The van der Waals surface area contributed by atoms with Crippen LogP contribution in [0.1, 0.15) is 0 Å². The number of benzene rings is 8. The molecule has 0 saturated heterocycles. The van der Waals surface area contributed by atoms with Gasteiger partial charge in [0.15, 0.2) is 11.4 Å². The first kappa shape index (κ1) is 33.9. The van der Waals surface area contributed by atoms with Crippen LogP contribution in [0.3, 0.4) is 0 Å². The van der Waals surface area contributed by atoms with E-state index in [2.05, 4.69) is 152 Å². The van der Waals surface area contributed by atoms with Crippen molar-refractivity contribution in [3.05, 3.63) is 200 Å². The molecule has 12 aromatic rings. The van der Waals surface area contributed by atoms with Crippen LogP contribution in [0, 0.1) is 0 Å². The molecule has 0 aliphatic carbocycles. The maximum absolute atomic E-state index is 6.61. The highest BCUT2D eigenvalue weighted by atomic mass is 16.3. The van der Waals surface area contributed by atoms with Crippen molar-refractivity contribution in [2.45, 2.75) is 0 Å². The van der Waals surface area contributed by atoms with E-state index in [9.17, 15) is 0 Å². The van der Waals surface area contributed by atoms with Crippen LogP contribution in [0.4, 0.5) is 0 Å². The van der Waals surface area contributed by atoms with Crippen molar-refractivity contribution in [2.24, 2.45) is 0 Å². The zero-order valence-corrected chi connectivity index (χ0v) is 32.2. The Hall–Kier alpha value is -8.15. The zero-order valence-electron chi connectivity index (χ0n) is 32.2. The minimum absolute atomic E-state index is 0.640. The number of pyridine rings is 1. The molecule has 60 heavy (non-hydrogen) atoms. The predicted octanol–water partition coefficient (Wildman–Crippen LogP) is 14.8. The fourth-order valence-electron chi connectivity index (χ4n) is 8.61. The van der Waals surface area contributed by atoms with Gasteiger partial charge in [-0.25, -0.2) is 15.0 Å². The van der Waals surface area contributed by atoms with E-state index in [1.54, 1.807) is 0 Å². The Kier molecular flexibility index (Phi) is 7.78. The third-order valence-electron chi connectivity index (χ3n) is 11.5. The van der Waals surface area contributed by atoms with Crippen LogP contribution in [-0.4, -0.2) is 15.0 Å². The second-order valence-electron chi connectivity index (χ2n) is 15.1. The molecule has 8 aromatic carbocycles. The van der Waals surface area contributed by atoms with E-state index >= 15 is 0 Å². The van der Waals surface area contributed by atoms with E-state index in [0.29, 0.717) is 5.82 Å². The molecule has 12 rings (SSSR count). The summed E-state index contributed by atoms with van der Waals surface area (Å²) in [4.78, 5) is 15.7. The molecule has 0 fully saturated rings. The van der Waals surface area contributed by atoms with Gasteiger partial charge in [-0.2, -0.15) is 0 Å². The van der Waals surface area contributed by atoms with Crippen LogP contribution in [0.25, 0.3) is 122 Å². The average molecular weight is 768 g/mol. The molecule has 0 aliphatic rings. The van der Waals surface area contributed by atoms with E-state index in [-0.39, 0.29) is 0 Å². The minimum atomic E-state index is 0.640. The Morgan fingerprint density at radius 2 is 0.817 bits per heavy atom. The van der Waals surface area contributed by atoms with Gasteiger partial charge in [0.2, 0.25) is 0 Å². The van der Waals surface area contributed by atoms with Crippen LogP contribution >= 0.6 is 0 Å². The zero-order chi connectivity index (χ0) is 39.6. The van der Waals surface area contributed by atoms with Gasteiger partial charge >= 0.3 is 0 Å². The van der Waals surface area contributed by atoms with E-state index in [1.165, 1.54) is 0 Å². The summed E-state index contributed by atoms with van der Waals surface area (Å²) in [6.45, 7) is 0. The molecule has 0 atom stereocenters. The first-order valence-electron chi connectivity index (χ1n) is 20.1. The molecule has 0 bridgehead atoms. The van der Waals surface area contributed by atoms with Crippen molar-refractivity contribution < 1.29 is 8.83 Å². The Morgan fingerprint density at radius 3 is 1.55 bits per heavy atom. The van der Waals surface area contributed by atoms with Crippen molar-refractivity contribution >= 4 is 54.8 Å². The number of nitrogens with zero attached hydrogens (tertiary/aromatic N) is 3. The summed E-state index contributed by atoms with van der Waals surface area (Å²) in [5, 5.41) is 5.43. The molecule has 5 heteroatoms. The van der Waals surface area contributed by atoms with E-state index in [1.807, 2.05) is 48.5 Å². The standard InChI is InChI=1S/C55H33N3O2/c1-3-13-34(14-4-1)40-19-11-22-45-50-44-18-8-10-24-49(44)60-54(50)51(58-52(40)45)38-29-31-39(32-30-38)55-56-46(36-15-5-2-6-16-36)33-47(57-55)37-27-25-35(26-28-37)41-20-12-21-43-42-17-7-9-23-48(42)59-53(41)43/h1-33H. The normalized spacial score (nSPS) is 11.7. The maximum Gasteiger partial charge on any atom is 0.162 e. The lowest BCUT2D eigenvalue weighted by Gasteiger charge is -2.12. The van der Waals surface area contributed by atoms with Gasteiger partial charge < -0.3 is 8.83 Å². The fraction of sp³-hybridized carbons (Fsp3) is 0. The van der Waals surface area contributed by atoms with Crippen molar-refractivity contribution in [1.29, 1.82) is 0 Å². The van der Waals surface area contributed by atoms with Crippen LogP contribution in [0.5, 0.6) is 0 Å². The van der Waals surface area contributed by atoms with Crippen molar-refractivity contribution in [1.82, 2.24) is 15.0 Å².